The van der Waals surface area contributed by atoms with E-state index in [1.54, 1.807) is 32.0 Å². The third-order valence-electron chi connectivity index (χ3n) is 2.55. The van der Waals surface area contributed by atoms with E-state index in [9.17, 15) is 13.5 Å². The van der Waals surface area contributed by atoms with Crippen LogP contribution in [0.1, 0.15) is 19.4 Å². The van der Waals surface area contributed by atoms with Crippen molar-refractivity contribution in [1.82, 2.24) is 0 Å². The fourth-order valence-electron chi connectivity index (χ4n) is 1.34. The summed E-state index contributed by atoms with van der Waals surface area (Å²) in [6, 6.07) is 5.30. The maximum atomic E-state index is 11.6. The second-order valence-electron chi connectivity index (χ2n) is 4.15. The zero-order valence-corrected chi connectivity index (χ0v) is 12.8. The van der Waals surface area contributed by atoms with E-state index in [1.807, 2.05) is 0 Å². The standard InChI is InChI=1S/C12H17BrO4S/c1-9(2)18(15,16)7-6-17-12-10(8-14)4-3-5-11(12)13/h3-5,9,14H,6-8H2,1-2H3. The highest BCUT2D eigenvalue weighted by molar-refractivity contribution is 9.10. The number of hydrogen-bond donors (Lipinski definition) is 1. The number of hydrogen-bond acceptors (Lipinski definition) is 4. The summed E-state index contributed by atoms with van der Waals surface area (Å²) in [6.07, 6.45) is 0. The Kier molecular flexibility index (Phi) is 5.62. The molecule has 0 aliphatic carbocycles. The average molecular weight is 337 g/mol. The molecule has 0 spiro atoms. The van der Waals surface area contributed by atoms with Gasteiger partial charge in [-0.3, -0.25) is 0 Å². The summed E-state index contributed by atoms with van der Waals surface area (Å²) in [5, 5.41) is 8.77. The van der Waals surface area contributed by atoms with E-state index >= 15 is 0 Å². The number of aliphatic hydroxyl groups excluding tert-OH is 1. The molecule has 18 heavy (non-hydrogen) atoms. The molecule has 4 nitrogen and oxygen atoms in total. The highest BCUT2D eigenvalue weighted by Crippen LogP contribution is 2.29. The van der Waals surface area contributed by atoms with Crippen molar-refractivity contribution in [3.8, 4) is 5.75 Å². The molecule has 0 saturated carbocycles. The van der Waals surface area contributed by atoms with E-state index in [2.05, 4.69) is 15.9 Å². The molecule has 0 unspecified atom stereocenters. The molecule has 0 bridgehead atoms. The minimum atomic E-state index is -3.10. The predicted molar refractivity (Wildman–Crippen MR) is 74.5 cm³/mol. The number of rotatable bonds is 6. The maximum Gasteiger partial charge on any atom is 0.155 e. The number of halogens is 1. The Morgan fingerprint density at radius 3 is 2.61 bits per heavy atom. The number of ether oxygens (including phenoxy) is 1. The molecule has 1 aromatic carbocycles. The number of para-hydroxylation sites is 1. The SMILES string of the molecule is CC(C)S(=O)(=O)CCOc1c(Br)cccc1CO. The van der Waals surface area contributed by atoms with E-state index in [1.165, 1.54) is 0 Å². The van der Waals surface area contributed by atoms with Crippen LogP contribution in [0.15, 0.2) is 22.7 Å². The van der Waals surface area contributed by atoms with Gasteiger partial charge in [0.25, 0.3) is 0 Å². The summed E-state index contributed by atoms with van der Waals surface area (Å²) >= 11 is 3.31. The molecule has 0 aliphatic rings. The van der Waals surface area contributed by atoms with Crippen LogP contribution < -0.4 is 4.74 Å². The summed E-state index contributed by atoms with van der Waals surface area (Å²) in [5.41, 5.74) is 0.631. The molecule has 0 atom stereocenters. The molecule has 1 N–H and O–H groups in total. The molecule has 0 amide bonds. The van der Waals surface area contributed by atoms with Crippen molar-refractivity contribution in [2.24, 2.45) is 0 Å². The van der Waals surface area contributed by atoms with Crippen LogP contribution in [0, 0.1) is 0 Å². The minimum absolute atomic E-state index is 0.0309. The van der Waals surface area contributed by atoms with Gasteiger partial charge in [0.15, 0.2) is 9.84 Å². The summed E-state index contributed by atoms with van der Waals surface area (Å²) in [7, 11) is -3.10. The zero-order valence-electron chi connectivity index (χ0n) is 10.4. The quantitative estimate of drug-likeness (QED) is 0.864. The topological polar surface area (TPSA) is 63.6 Å². The fourth-order valence-corrected chi connectivity index (χ4v) is 2.64. The molecule has 102 valence electrons. The number of sulfone groups is 1. The molecule has 1 rings (SSSR count). The van der Waals surface area contributed by atoms with E-state index in [0.717, 1.165) is 0 Å². The average Bonchev–Trinajstić information content (AvgIpc) is 2.30. The third-order valence-corrected chi connectivity index (χ3v) is 5.35. The fraction of sp³-hybridized carbons (Fsp3) is 0.500. The van der Waals surface area contributed by atoms with Gasteiger partial charge in [-0.15, -0.1) is 0 Å². The van der Waals surface area contributed by atoms with Gasteiger partial charge in [0.05, 0.1) is 22.1 Å². The van der Waals surface area contributed by atoms with Crippen molar-refractivity contribution >= 4 is 25.8 Å². The molecular weight excluding hydrogens is 320 g/mol. The van der Waals surface area contributed by atoms with Gasteiger partial charge in [-0.25, -0.2) is 8.42 Å². The Bertz CT molecular complexity index is 497. The molecule has 0 fully saturated rings. The predicted octanol–water partition coefficient (Wildman–Crippen LogP) is 2.14. The molecule has 0 heterocycles. The van der Waals surface area contributed by atoms with Crippen LogP contribution >= 0.6 is 15.9 Å². The van der Waals surface area contributed by atoms with Crippen LogP contribution in [0.5, 0.6) is 5.75 Å². The van der Waals surface area contributed by atoms with Gasteiger partial charge in [0.1, 0.15) is 12.4 Å². The molecule has 1 aromatic rings. The van der Waals surface area contributed by atoms with Crippen molar-refractivity contribution in [3.63, 3.8) is 0 Å². The summed E-state index contributed by atoms with van der Waals surface area (Å²) in [5.74, 6) is 0.468. The smallest absolute Gasteiger partial charge is 0.155 e. The van der Waals surface area contributed by atoms with Gasteiger partial charge >= 0.3 is 0 Å². The Morgan fingerprint density at radius 2 is 2.06 bits per heavy atom. The van der Waals surface area contributed by atoms with Crippen LogP contribution in [0.25, 0.3) is 0 Å². The monoisotopic (exact) mass is 336 g/mol. The van der Waals surface area contributed by atoms with Crippen LogP contribution in [-0.4, -0.2) is 31.1 Å². The van der Waals surface area contributed by atoms with E-state index in [-0.39, 0.29) is 19.0 Å². The largest absolute Gasteiger partial charge is 0.491 e. The van der Waals surface area contributed by atoms with Gasteiger partial charge in [0.2, 0.25) is 0 Å². The van der Waals surface area contributed by atoms with Crippen LogP contribution in [-0.2, 0) is 16.4 Å². The van der Waals surface area contributed by atoms with E-state index < -0.39 is 15.1 Å². The van der Waals surface area contributed by atoms with Crippen molar-refractivity contribution in [2.75, 3.05) is 12.4 Å². The zero-order chi connectivity index (χ0) is 13.8. The molecule has 0 aliphatic heterocycles. The lowest BCUT2D eigenvalue weighted by Gasteiger charge is -2.13. The Morgan fingerprint density at radius 1 is 1.39 bits per heavy atom. The van der Waals surface area contributed by atoms with Crippen molar-refractivity contribution in [1.29, 1.82) is 0 Å². The van der Waals surface area contributed by atoms with E-state index in [4.69, 9.17) is 4.74 Å². The van der Waals surface area contributed by atoms with Gasteiger partial charge in [-0.1, -0.05) is 12.1 Å². The van der Waals surface area contributed by atoms with Crippen LogP contribution in [0.3, 0.4) is 0 Å². The highest BCUT2D eigenvalue weighted by atomic mass is 79.9. The van der Waals surface area contributed by atoms with E-state index in [0.29, 0.717) is 15.8 Å². The third kappa shape index (κ3) is 3.96. The number of benzene rings is 1. The molecule has 0 aromatic heterocycles. The first-order chi connectivity index (χ1) is 8.38. The lowest BCUT2D eigenvalue weighted by molar-refractivity contribution is 0.266. The Labute approximate surface area is 116 Å². The van der Waals surface area contributed by atoms with Crippen molar-refractivity contribution in [2.45, 2.75) is 25.7 Å². The maximum absolute atomic E-state index is 11.6. The first-order valence-corrected chi connectivity index (χ1v) is 8.12. The lowest BCUT2D eigenvalue weighted by Crippen LogP contribution is -2.22. The number of aliphatic hydroxyl groups is 1. The first-order valence-electron chi connectivity index (χ1n) is 5.61. The van der Waals surface area contributed by atoms with Gasteiger partial charge in [0, 0.05) is 5.56 Å². The lowest BCUT2D eigenvalue weighted by atomic mass is 10.2. The minimum Gasteiger partial charge on any atom is -0.491 e. The van der Waals surface area contributed by atoms with Crippen molar-refractivity contribution in [3.05, 3.63) is 28.2 Å². The second kappa shape index (κ2) is 6.54. The molecule has 6 heteroatoms. The van der Waals surface area contributed by atoms with Crippen LogP contribution in [0.2, 0.25) is 0 Å². The summed E-state index contributed by atoms with van der Waals surface area (Å²) in [6.45, 7) is 3.22. The van der Waals surface area contributed by atoms with Gasteiger partial charge in [-0.2, -0.15) is 0 Å². The Hall–Kier alpha value is -0.590. The van der Waals surface area contributed by atoms with Gasteiger partial charge in [-0.05, 0) is 35.8 Å². The Balaban J connectivity index is 2.70. The summed E-state index contributed by atoms with van der Waals surface area (Å²) < 4.78 is 29.4. The summed E-state index contributed by atoms with van der Waals surface area (Å²) in [4.78, 5) is 0. The molecule has 0 saturated heterocycles. The van der Waals surface area contributed by atoms with Gasteiger partial charge < -0.3 is 9.84 Å². The second-order valence-corrected chi connectivity index (χ2v) is 7.68. The highest BCUT2D eigenvalue weighted by Gasteiger charge is 2.16. The first kappa shape index (κ1) is 15.5. The normalized spacial score (nSPS) is 11.8. The van der Waals surface area contributed by atoms with Crippen molar-refractivity contribution < 1.29 is 18.3 Å². The molecular formula is C12H17BrO4S. The molecule has 0 radical (unpaired) electrons. The van der Waals surface area contributed by atoms with Crippen LogP contribution in [0.4, 0.5) is 0 Å².